The molecule has 4 aromatic rings. The molecule has 9 heteroatoms. The van der Waals surface area contributed by atoms with Crippen LogP contribution in [0.5, 0.6) is 17.2 Å². The number of carbonyl (C=O) groups is 1. The zero-order chi connectivity index (χ0) is 26.4. The summed E-state index contributed by atoms with van der Waals surface area (Å²) in [6.07, 6.45) is 0. The van der Waals surface area contributed by atoms with Gasteiger partial charge in [-0.1, -0.05) is 47.5 Å². The minimum atomic E-state index is -4.07. The molecular weight excluding hydrogens is 512 g/mol. The van der Waals surface area contributed by atoms with Crippen molar-refractivity contribution in [1.29, 1.82) is 0 Å². The highest BCUT2D eigenvalue weighted by molar-refractivity contribution is 7.92. The van der Waals surface area contributed by atoms with E-state index in [9.17, 15) is 13.2 Å². The number of anilines is 2. The van der Waals surface area contributed by atoms with Crippen LogP contribution in [-0.4, -0.2) is 28.0 Å². The molecule has 0 unspecified atom stereocenters. The number of halogens is 1. The van der Waals surface area contributed by atoms with Gasteiger partial charge in [0.2, 0.25) is 5.91 Å². The van der Waals surface area contributed by atoms with Crippen molar-refractivity contribution in [2.75, 3.05) is 23.3 Å². The van der Waals surface area contributed by atoms with Crippen LogP contribution in [0.2, 0.25) is 5.02 Å². The third-order valence-electron chi connectivity index (χ3n) is 5.44. The van der Waals surface area contributed by atoms with Crippen molar-refractivity contribution in [1.82, 2.24) is 0 Å². The van der Waals surface area contributed by atoms with Crippen LogP contribution in [0.1, 0.15) is 5.56 Å². The lowest BCUT2D eigenvalue weighted by Crippen LogP contribution is -2.38. The van der Waals surface area contributed by atoms with E-state index in [-0.39, 0.29) is 4.90 Å². The number of methoxy groups -OCH3 is 1. The Morgan fingerprint density at radius 2 is 1.57 bits per heavy atom. The van der Waals surface area contributed by atoms with Crippen LogP contribution >= 0.6 is 11.6 Å². The molecule has 0 fully saturated rings. The molecule has 37 heavy (non-hydrogen) atoms. The number of nitrogens with zero attached hydrogens (tertiary/aromatic N) is 1. The van der Waals surface area contributed by atoms with Crippen LogP contribution in [0, 0.1) is 6.92 Å². The van der Waals surface area contributed by atoms with Gasteiger partial charge in [0, 0.05) is 5.02 Å². The summed E-state index contributed by atoms with van der Waals surface area (Å²) in [5.41, 5.74) is 1.53. The molecule has 4 rings (SSSR count). The van der Waals surface area contributed by atoms with E-state index in [2.05, 4.69) is 5.32 Å². The van der Waals surface area contributed by atoms with Gasteiger partial charge in [0.15, 0.2) is 5.75 Å². The lowest BCUT2D eigenvalue weighted by Gasteiger charge is -2.24. The second-order valence-corrected chi connectivity index (χ2v) is 10.4. The number of rotatable bonds is 9. The van der Waals surface area contributed by atoms with Crippen molar-refractivity contribution in [3.8, 4) is 17.2 Å². The number of nitrogens with one attached hydrogen (secondary N) is 1. The Kier molecular flexibility index (Phi) is 8.01. The van der Waals surface area contributed by atoms with Crippen molar-refractivity contribution in [3.63, 3.8) is 0 Å². The predicted octanol–water partition coefficient (Wildman–Crippen LogP) is 6.28. The molecule has 0 saturated heterocycles. The largest absolute Gasteiger partial charge is 0.497 e. The van der Waals surface area contributed by atoms with Gasteiger partial charge in [-0.15, -0.1) is 0 Å². The lowest BCUT2D eigenvalue weighted by atomic mass is 10.2. The molecule has 0 aliphatic rings. The maximum Gasteiger partial charge on any atom is 0.264 e. The molecule has 0 aromatic heterocycles. The first kappa shape index (κ1) is 26.1. The molecule has 0 atom stereocenters. The molecule has 0 saturated carbocycles. The zero-order valence-corrected chi connectivity index (χ0v) is 21.8. The Morgan fingerprint density at radius 3 is 2.22 bits per heavy atom. The van der Waals surface area contributed by atoms with Gasteiger partial charge in [-0.3, -0.25) is 9.10 Å². The molecular formula is C28H25ClN2O5S. The van der Waals surface area contributed by atoms with Gasteiger partial charge >= 0.3 is 0 Å². The number of aryl methyl sites for hydroxylation is 1. The van der Waals surface area contributed by atoms with Gasteiger partial charge in [-0.2, -0.15) is 0 Å². The summed E-state index contributed by atoms with van der Waals surface area (Å²) < 4.78 is 39.4. The molecule has 0 aliphatic heterocycles. The molecule has 1 amide bonds. The van der Waals surface area contributed by atoms with Gasteiger partial charge in [0.25, 0.3) is 10.0 Å². The van der Waals surface area contributed by atoms with Crippen LogP contribution in [0.15, 0.2) is 102 Å². The van der Waals surface area contributed by atoms with Crippen molar-refractivity contribution in [2.45, 2.75) is 11.8 Å². The molecule has 4 aromatic carbocycles. The van der Waals surface area contributed by atoms with E-state index in [1.165, 1.54) is 19.2 Å². The van der Waals surface area contributed by atoms with Crippen LogP contribution in [0.3, 0.4) is 0 Å². The fourth-order valence-corrected chi connectivity index (χ4v) is 5.12. The summed E-state index contributed by atoms with van der Waals surface area (Å²) in [7, 11) is -2.55. The minimum absolute atomic E-state index is 0.0672. The SMILES string of the molecule is COc1ccc(N(CC(=O)Nc2cc(Cl)ccc2Oc2ccccc2)S(=O)(=O)c2ccc(C)cc2)cc1. The molecule has 0 aliphatic carbocycles. The van der Waals surface area contributed by atoms with E-state index in [1.54, 1.807) is 66.7 Å². The van der Waals surface area contributed by atoms with Crippen molar-refractivity contribution in [2.24, 2.45) is 0 Å². The normalized spacial score (nSPS) is 11.0. The van der Waals surface area contributed by atoms with Crippen molar-refractivity contribution < 1.29 is 22.7 Å². The number of carbonyl (C=O) groups excluding carboxylic acids is 1. The Labute approximate surface area is 221 Å². The van der Waals surface area contributed by atoms with Gasteiger partial charge in [-0.25, -0.2) is 8.42 Å². The highest BCUT2D eigenvalue weighted by atomic mass is 35.5. The standard InChI is InChI=1S/C28H25ClN2O5S/c1-20-8-15-25(16-9-20)37(33,34)31(22-11-13-23(35-2)14-12-22)19-28(32)30-26-18-21(29)10-17-27(26)36-24-6-4-3-5-7-24/h3-18H,19H2,1-2H3,(H,30,32). The summed E-state index contributed by atoms with van der Waals surface area (Å²) in [6, 6.07) is 26.8. The Hall–Kier alpha value is -4.01. The van der Waals surface area contributed by atoms with Gasteiger partial charge in [0.1, 0.15) is 18.0 Å². The Bertz CT molecular complexity index is 1480. The quantitative estimate of drug-likeness (QED) is 0.272. The molecule has 1 N–H and O–H groups in total. The van der Waals surface area contributed by atoms with E-state index >= 15 is 0 Å². The summed E-state index contributed by atoms with van der Waals surface area (Å²) in [5, 5.41) is 3.13. The van der Waals surface area contributed by atoms with E-state index in [0.717, 1.165) is 9.87 Å². The highest BCUT2D eigenvalue weighted by Gasteiger charge is 2.27. The van der Waals surface area contributed by atoms with Crippen molar-refractivity contribution >= 4 is 38.9 Å². The van der Waals surface area contributed by atoms with Gasteiger partial charge < -0.3 is 14.8 Å². The number of benzene rings is 4. The average molecular weight is 537 g/mol. The van der Waals surface area contributed by atoms with E-state index < -0.39 is 22.5 Å². The van der Waals surface area contributed by atoms with Crippen LogP contribution < -0.4 is 19.1 Å². The van der Waals surface area contributed by atoms with Crippen molar-refractivity contribution in [3.05, 3.63) is 108 Å². The van der Waals surface area contributed by atoms with Crippen LogP contribution in [0.4, 0.5) is 11.4 Å². The van der Waals surface area contributed by atoms with Crippen LogP contribution in [0.25, 0.3) is 0 Å². The number of ether oxygens (including phenoxy) is 2. The summed E-state index contributed by atoms with van der Waals surface area (Å²) in [6.45, 7) is 1.38. The first-order chi connectivity index (χ1) is 17.8. The zero-order valence-electron chi connectivity index (χ0n) is 20.2. The fraction of sp³-hybridized carbons (Fsp3) is 0.107. The highest BCUT2D eigenvalue weighted by Crippen LogP contribution is 2.32. The smallest absolute Gasteiger partial charge is 0.264 e. The molecule has 0 spiro atoms. The van der Waals surface area contributed by atoms with E-state index in [0.29, 0.717) is 33.6 Å². The first-order valence-corrected chi connectivity index (χ1v) is 13.1. The first-order valence-electron chi connectivity index (χ1n) is 11.3. The van der Waals surface area contributed by atoms with E-state index in [1.807, 2.05) is 25.1 Å². The fourth-order valence-electron chi connectivity index (χ4n) is 3.53. The topological polar surface area (TPSA) is 84.9 Å². The van der Waals surface area contributed by atoms with E-state index in [4.69, 9.17) is 21.1 Å². The third kappa shape index (κ3) is 6.41. The molecule has 0 radical (unpaired) electrons. The minimum Gasteiger partial charge on any atom is -0.497 e. The lowest BCUT2D eigenvalue weighted by molar-refractivity contribution is -0.114. The number of amides is 1. The Morgan fingerprint density at radius 1 is 0.892 bits per heavy atom. The maximum atomic E-state index is 13.6. The average Bonchev–Trinajstić information content (AvgIpc) is 2.90. The monoisotopic (exact) mass is 536 g/mol. The van der Waals surface area contributed by atoms with Gasteiger partial charge in [0.05, 0.1) is 23.4 Å². The summed E-state index contributed by atoms with van der Waals surface area (Å²) >= 11 is 6.17. The van der Waals surface area contributed by atoms with Crippen LogP contribution in [-0.2, 0) is 14.8 Å². The number of sulfonamides is 1. The molecule has 0 bridgehead atoms. The van der Waals surface area contributed by atoms with Gasteiger partial charge in [-0.05, 0) is 73.7 Å². The maximum absolute atomic E-state index is 13.6. The summed E-state index contributed by atoms with van der Waals surface area (Å²) in [5.74, 6) is 0.915. The molecule has 0 heterocycles. The summed E-state index contributed by atoms with van der Waals surface area (Å²) in [4.78, 5) is 13.3. The number of hydrogen-bond donors (Lipinski definition) is 1. The number of hydrogen-bond acceptors (Lipinski definition) is 5. The second-order valence-electron chi connectivity index (χ2n) is 8.13. The molecule has 7 nitrogen and oxygen atoms in total. The Balaban J connectivity index is 1.64. The number of para-hydroxylation sites is 1. The second kappa shape index (κ2) is 11.4. The predicted molar refractivity (Wildman–Crippen MR) is 145 cm³/mol. The molecule has 190 valence electrons. The third-order valence-corrected chi connectivity index (χ3v) is 7.47.